The fourth-order valence-electron chi connectivity index (χ4n) is 2.38. The summed E-state index contributed by atoms with van der Waals surface area (Å²) in [6, 6.07) is 11.0. The molecule has 1 N–H and O–H groups in total. The second-order valence-corrected chi connectivity index (χ2v) is 6.11. The van der Waals surface area contributed by atoms with Crippen LogP contribution in [0, 0.1) is 10.1 Å². The maximum absolute atomic E-state index is 11.0. The molecule has 0 amide bonds. The van der Waals surface area contributed by atoms with Gasteiger partial charge in [-0.3, -0.25) is 10.1 Å². The van der Waals surface area contributed by atoms with Gasteiger partial charge in [-0.1, -0.05) is 12.1 Å². The van der Waals surface area contributed by atoms with Crippen LogP contribution in [0.25, 0.3) is 0 Å². The molecule has 0 aliphatic carbocycles. The predicted octanol–water partition coefficient (Wildman–Crippen LogP) is 3.94. The lowest BCUT2D eigenvalue weighted by molar-refractivity contribution is -0.385. The minimum atomic E-state index is -0.394. The van der Waals surface area contributed by atoms with Crippen molar-refractivity contribution < 1.29 is 14.4 Å². The molecule has 0 spiro atoms. The van der Waals surface area contributed by atoms with Crippen LogP contribution in [0.3, 0.4) is 0 Å². The van der Waals surface area contributed by atoms with Crippen molar-refractivity contribution in [2.75, 3.05) is 6.79 Å². The lowest BCUT2D eigenvalue weighted by Crippen LogP contribution is -2.18. The van der Waals surface area contributed by atoms with Crippen LogP contribution in [0.15, 0.2) is 40.9 Å². The number of nitrogens with one attached hydrogen (secondary N) is 1. The fraction of sp³-hybridized carbons (Fsp3) is 0.250. The van der Waals surface area contributed by atoms with Crippen molar-refractivity contribution in [3.8, 4) is 11.5 Å². The van der Waals surface area contributed by atoms with Gasteiger partial charge in [0.15, 0.2) is 11.5 Å². The van der Waals surface area contributed by atoms with Crippen molar-refractivity contribution >= 4 is 21.6 Å². The van der Waals surface area contributed by atoms with E-state index in [1.807, 2.05) is 31.2 Å². The standard InChI is InChI=1S/C16H15BrN2O4/c1-10(12-3-5-15-16(7-12)23-9-22-15)18-8-11-2-4-13(17)14(6-11)19(20)21/h2-7,10,18H,8-9H2,1H3. The summed E-state index contributed by atoms with van der Waals surface area (Å²) in [5.41, 5.74) is 1.99. The van der Waals surface area contributed by atoms with Gasteiger partial charge in [-0.25, -0.2) is 0 Å². The van der Waals surface area contributed by atoms with Gasteiger partial charge in [-0.15, -0.1) is 0 Å². The minimum Gasteiger partial charge on any atom is -0.454 e. The van der Waals surface area contributed by atoms with Crippen LogP contribution >= 0.6 is 15.9 Å². The number of nitrogens with zero attached hydrogens (tertiary/aromatic N) is 1. The highest BCUT2D eigenvalue weighted by Crippen LogP contribution is 2.34. The zero-order valence-electron chi connectivity index (χ0n) is 12.4. The monoisotopic (exact) mass is 378 g/mol. The molecular weight excluding hydrogens is 364 g/mol. The van der Waals surface area contributed by atoms with Gasteiger partial charge >= 0.3 is 0 Å². The Morgan fingerprint density at radius 1 is 1.26 bits per heavy atom. The van der Waals surface area contributed by atoms with Gasteiger partial charge in [0, 0.05) is 18.7 Å². The Labute approximate surface area is 141 Å². The minimum absolute atomic E-state index is 0.0695. The Balaban J connectivity index is 1.68. The van der Waals surface area contributed by atoms with Gasteiger partial charge in [0.2, 0.25) is 6.79 Å². The van der Waals surface area contributed by atoms with Gasteiger partial charge < -0.3 is 14.8 Å². The first-order valence-electron chi connectivity index (χ1n) is 7.10. The van der Waals surface area contributed by atoms with Crippen molar-refractivity contribution in [2.45, 2.75) is 19.5 Å². The summed E-state index contributed by atoms with van der Waals surface area (Å²) in [6.45, 7) is 2.82. The Kier molecular flexibility index (Phi) is 4.49. The van der Waals surface area contributed by atoms with Crippen molar-refractivity contribution in [2.24, 2.45) is 0 Å². The van der Waals surface area contributed by atoms with Crippen LogP contribution in [0.5, 0.6) is 11.5 Å². The van der Waals surface area contributed by atoms with E-state index >= 15 is 0 Å². The average Bonchev–Trinajstić information content (AvgIpc) is 3.01. The second-order valence-electron chi connectivity index (χ2n) is 5.26. The Hall–Kier alpha value is -2.12. The topological polar surface area (TPSA) is 73.6 Å². The lowest BCUT2D eigenvalue weighted by atomic mass is 10.1. The molecule has 1 aliphatic rings. The largest absolute Gasteiger partial charge is 0.454 e. The molecule has 23 heavy (non-hydrogen) atoms. The number of halogens is 1. The van der Waals surface area contributed by atoms with Crippen LogP contribution in [-0.4, -0.2) is 11.7 Å². The highest BCUT2D eigenvalue weighted by atomic mass is 79.9. The van der Waals surface area contributed by atoms with Gasteiger partial charge in [0.25, 0.3) is 5.69 Å². The maximum atomic E-state index is 11.0. The number of fused-ring (bicyclic) bond motifs is 1. The quantitative estimate of drug-likeness (QED) is 0.629. The highest BCUT2D eigenvalue weighted by Gasteiger charge is 2.16. The molecule has 120 valence electrons. The first-order valence-corrected chi connectivity index (χ1v) is 7.89. The fourth-order valence-corrected chi connectivity index (χ4v) is 2.77. The molecule has 0 saturated carbocycles. The van der Waals surface area contributed by atoms with E-state index in [1.165, 1.54) is 0 Å². The Morgan fingerprint density at radius 3 is 2.83 bits per heavy atom. The molecule has 6 nitrogen and oxygen atoms in total. The van der Waals surface area contributed by atoms with E-state index < -0.39 is 4.92 Å². The number of nitro benzene ring substituents is 1. The van der Waals surface area contributed by atoms with Gasteiger partial charge in [0.1, 0.15) is 0 Å². The molecule has 1 aliphatic heterocycles. The zero-order valence-corrected chi connectivity index (χ0v) is 14.0. The third-order valence-corrected chi connectivity index (χ3v) is 4.39. The summed E-state index contributed by atoms with van der Waals surface area (Å²) >= 11 is 3.19. The molecule has 0 aromatic heterocycles. The summed E-state index contributed by atoms with van der Waals surface area (Å²) in [5.74, 6) is 1.50. The Morgan fingerprint density at radius 2 is 2.04 bits per heavy atom. The third-order valence-electron chi connectivity index (χ3n) is 3.72. The molecule has 2 aromatic carbocycles. The van der Waals surface area contributed by atoms with Gasteiger partial charge in [0.05, 0.1) is 9.40 Å². The normalized spacial score (nSPS) is 13.8. The van der Waals surface area contributed by atoms with Crippen molar-refractivity contribution in [1.82, 2.24) is 5.32 Å². The second kappa shape index (κ2) is 6.55. The van der Waals surface area contributed by atoms with E-state index in [4.69, 9.17) is 9.47 Å². The van der Waals surface area contributed by atoms with Crippen molar-refractivity contribution in [3.05, 3.63) is 62.1 Å². The molecule has 1 unspecified atom stereocenters. The average molecular weight is 379 g/mol. The molecule has 0 bridgehead atoms. The number of rotatable bonds is 5. The van der Waals surface area contributed by atoms with Crippen LogP contribution in [0.2, 0.25) is 0 Å². The molecular formula is C16H15BrN2O4. The van der Waals surface area contributed by atoms with E-state index in [1.54, 1.807) is 12.1 Å². The number of hydrogen-bond donors (Lipinski definition) is 1. The predicted molar refractivity (Wildman–Crippen MR) is 88.6 cm³/mol. The number of benzene rings is 2. The molecule has 0 radical (unpaired) electrons. The smallest absolute Gasteiger partial charge is 0.283 e. The van der Waals surface area contributed by atoms with Gasteiger partial charge in [-0.05, 0) is 52.2 Å². The summed E-state index contributed by atoms with van der Waals surface area (Å²) in [5, 5.41) is 14.3. The molecule has 7 heteroatoms. The SMILES string of the molecule is CC(NCc1ccc(Br)c([N+](=O)[O-])c1)c1ccc2c(c1)OCO2. The number of ether oxygens (including phenoxy) is 2. The van der Waals surface area contributed by atoms with Crippen LogP contribution in [0.4, 0.5) is 5.69 Å². The first kappa shape index (κ1) is 15.8. The zero-order chi connectivity index (χ0) is 16.4. The van der Waals surface area contributed by atoms with E-state index in [2.05, 4.69) is 21.2 Å². The molecule has 0 saturated heterocycles. The summed E-state index contributed by atoms with van der Waals surface area (Å²) in [7, 11) is 0. The van der Waals surface area contributed by atoms with Crippen LogP contribution < -0.4 is 14.8 Å². The van der Waals surface area contributed by atoms with Crippen molar-refractivity contribution in [3.63, 3.8) is 0 Å². The summed E-state index contributed by atoms with van der Waals surface area (Å²) < 4.78 is 11.2. The maximum Gasteiger partial charge on any atom is 0.283 e. The first-order chi connectivity index (χ1) is 11.0. The molecule has 1 atom stereocenters. The molecule has 0 fully saturated rings. The van der Waals surface area contributed by atoms with E-state index in [9.17, 15) is 10.1 Å². The van der Waals surface area contributed by atoms with Crippen LogP contribution in [-0.2, 0) is 6.54 Å². The summed E-state index contributed by atoms with van der Waals surface area (Å²) in [4.78, 5) is 10.6. The third kappa shape index (κ3) is 3.46. The van der Waals surface area contributed by atoms with E-state index in [0.717, 1.165) is 22.6 Å². The molecule has 1 heterocycles. The van der Waals surface area contributed by atoms with E-state index in [0.29, 0.717) is 11.0 Å². The number of hydrogen-bond acceptors (Lipinski definition) is 5. The number of nitro groups is 1. The Bertz CT molecular complexity index is 751. The molecule has 3 rings (SSSR count). The van der Waals surface area contributed by atoms with Crippen LogP contribution in [0.1, 0.15) is 24.1 Å². The van der Waals surface area contributed by atoms with Gasteiger partial charge in [-0.2, -0.15) is 0 Å². The summed E-state index contributed by atoms with van der Waals surface area (Å²) in [6.07, 6.45) is 0. The van der Waals surface area contributed by atoms with E-state index in [-0.39, 0.29) is 18.5 Å². The molecule has 2 aromatic rings. The lowest BCUT2D eigenvalue weighted by Gasteiger charge is -2.15. The highest BCUT2D eigenvalue weighted by molar-refractivity contribution is 9.10. The van der Waals surface area contributed by atoms with Crippen molar-refractivity contribution in [1.29, 1.82) is 0 Å².